The predicted molar refractivity (Wildman–Crippen MR) is 350 cm³/mol. The Hall–Kier alpha value is -7.38. The molecule has 3 aromatic carbocycles. The summed E-state index contributed by atoms with van der Waals surface area (Å²) < 4.78 is 7.43. The molecule has 1 saturated carbocycles. The lowest BCUT2D eigenvalue weighted by Gasteiger charge is -2.63. The number of nitrogens with zero attached hydrogens (tertiary/aromatic N) is 6. The number of anilines is 2. The van der Waals surface area contributed by atoms with E-state index in [2.05, 4.69) is 258 Å². The van der Waals surface area contributed by atoms with Gasteiger partial charge in [0, 0.05) is 63.7 Å². The highest BCUT2D eigenvalue weighted by Gasteiger charge is 2.64. The molecular weight excluding hydrogens is 1020 g/mol. The maximum atomic E-state index is 7.43. The van der Waals surface area contributed by atoms with E-state index in [9.17, 15) is 0 Å². The van der Waals surface area contributed by atoms with E-state index in [0.29, 0.717) is 6.04 Å². The number of amidine groups is 1. The highest BCUT2D eigenvalue weighted by atomic mass is 16.5. The minimum atomic E-state index is -0.127. The van der Waals surface area contributed by atoms with E-state index in [4.69, 9.17) is 9.73 Å². The molecule has 16 rings (SSSR count). The standard InChI is InChI=1S/C75H80B2N6O/c1-75(2,3)51-45-66-71-67(46-51)82(57-37-21-9-22-38-57)73-63(76(71)61-44-43-59(47-65(61)81(66)56-35-19-8-20-36-56)79(52-27-11-4-12-28-52)53-29-13-5-14-30-53)50-64-74(78-73)83(58-39-23-10-24-40-58)68-48-60(49-70-72(68)77(64)62-41-25-26-42-69(62)84-70)80(54-31-15-6-16-32-54)55-33-17-7-18-34-55/h4-7,10-17,19,23-29,31,33,35-36,39-47,49-50,53-54,57,60-61,64-65,67-68,71-72,74H,8-9,18,20-22,30,32,34,37-38,48H2,1-3H3. The van der Waals surface area contributed by atoms with Crippen molar-refractivity contribution in [1.82, 2.24) is 14.7 Å². The number of hydrogen-bond acceptors (Lipinski definition) is 7. The van der Waals surface area contributed by atoms with Crippen molar-refractivity contribution in [3.8, 4) is 5.75 Å². The van der Waals surface area contributed by atoms with E-state index < -0.39 is 0 Å². The average Bonchev–Trinajstić information content (AvgIpc) is 0.819. The van der Waals surface area contributed by atoms with Gasteiger partial charge in [-0.25, -0.2) is 4.99 Å². The second-order valence-electron chi connectivity index (χ2n) is 27.1. The van der Waals surface area contributed by atoms with E-state index in [1.54, 1.807) is 0 Å². The van der Waals surface area contributed by atoms with Crippen molar-refractivity contribution in [3.05, 3.63) is 252 Å². The molecule has 0 radical (unpaired) electrons. The van der Waals surface area contributed by atoms with Crippen LogP contribution in [0.15, 0.2) is 257 Å². The van der Waals surface area contributed by atoms with Gasteiger partial charge in [0.25, 0.3) is 0 Å². The Kier molecular flexibility index (Phi) is 13.2. The SMILES string of the molecule is CC(C)(C)C1=CC2C3B(C4=CC5B6c7ccccc7OC7=CC(N(C8=CC=CCC8)C8C=CC=CC8)CC(C67)N(c6ccccc6)C5N=C4N2C2CCCCC2)C2C=CC(N(c4ccccc4)C4C=CC=CC4)=CC2N(C2=CCCC=C2)C3=C1. The fourth-order valence-corrected chi connectivity index (χ4v) is 17.9. The van der Waals surface area contributed by atoms with Gasteiger partial charge in [0.1, 0.15) is 23.5 Å². The molecule has 422 valence electrons. The summed E-state index contributed by atoms with van der Waals surface area (Å²) in [5.74, 6) is 4.07. The summed E-state index contributed by atoms with van der Waals surface area (Å²) in [6.45, 7) is 7.71. The molecule has 5 heterocycles. The van der Waals surface area contributed by atoms with E-state index in [-0.39, 0.29) is 84.5 Å². The van der Waals surface area contributed by atoms with Crippen molar-refractivity contribution in [2.45, 2.75) is 170 Å². The maximum Gasteiger partial charge on any atom is 0.206 e. The van der Waals surface area contributed by atoms with Gasteiger partial charge >= 0.3 is 0 Å². The first-order valence-electron chi connectivity index (χ1n) is 32.4. The van der Waals surface area contributed by atoms with E-state index in [0.717, 1.165) is 56.5 Å². The first kappa shape index (κ1) is 52.2. The number of dihydropyridines is 1. The van der Waals surface area contributed by atoms with Crippen molar-refractivity contribution in [3.63, 3.8) is 0 Å². The number of rotatable bonds is 9. The Bertz CT molecular complexity index is 3580. The largest absolute Gasteiger partial charge is 0.463 e. The van der Waals surface area contributed by atoms with Crippen molar-refractivity contribution in [2.75, 3.05) is 9.80 Å². The van der Waals surface area contributed by atoms with Gasteiger partial charge in [-0.3, -0.25) is 0 Å². The van der Waals surface area contributed by atoms with Crippen LogP contribution in [0.25, 0.3) is 0 Å². The topological polar surface area (TPSA) is 37.8 Å². The molecule has 84 heavy (non-hydrogen) atoms. The van der Waals surface area contributed by atoms with Crippen LogP contribution < -0.4 is 20.0 Å². The number of ether oxygens (including phenoxy) is 1. The molecule has 4 fully saturated rings. The Morgan fingerprint density at radius 2 is 1.44 bits per heavy atom. The molecular formula is C75H80B2N6O. The Morgan fingerprint density at radius 3 is 2.19 bits per heavy atom. The highest BCUT2D eigenvalue weighted by Crippen LogP contribution is 2.61. The van der Waals surface area contributed by atoms with Crippen LogP contribution in [-0.4, -0.2) is 82.4 Å². The molecule has 0 spiro atoms. The summed E-state index contributed by atoms with van der Waals surface area (Å²) >= 11 is 0. The molecule has 0 aromatic heterocycles. The molecule has 3 saturated heterocycles. The van der Waals surface area contributed by atoms with Crippen LogP contribution in [-0.2, 0) is 0 Å². The van der Waals surface area contributed by atoms with E-state index >= 15 is 0 Å². The van der Waals surface area contributed by atoms with Crippen molar-refractivity contribution in [2.24, 2.45) is 10.4 Å². The van der Waals surface area contributed by atoms with Gasteiger partial charge in [-0.2, -0.15) is 0 Å². The van der Waals surface area contributed by atoms with Crippen LogP contribution in [0.3, 0.4) is 0 Å². The third kappa shape index (κ3) is 8.78. The Balaban J connectivity index is 0.912. The number of aliphatic imine (C=N–C) groups is 1. The van der Waals surface area contributed by atoms with Crippen molar-refractivity contribution < 1.29 is 4.74 Å². The summed E-state index contributed by atoms with van der Waals surface area (Å²) in [5.41, 5.74) is 12.2. The summed E-state index contributed by atoms with van der Waals surface area (Å²) in [6.07, 6.45) is 65.1. The summed E-state index contributed by atoms with van der Waals surface area (Å²) in [6, 6.07) is 33.1. The average molecular weight is 1100 g/mol. The third-order valence-corrected chi connectivity index (χ3v) is 21.4. The highest BCUT2D eigenvalue weighted by molar-refractivity contribution is 6.81. The van der Waals surface area contributed by atoms with Gasteiger partial charge in [-0.05, 0) is 152 Å². The molecule has 5 aliphatic heterocycles. The molecule has 11 unspecified atom stereocenters. The van der Waals surface area contributed by atoms with E-state index in [1.165, 1.54) is 88.6 Å². The second kappa shape index (κ2) is 21.3. The van der Waals surface area contributed by atoms with Crippen LogP contribution in [0.4, 0.5) is 11.4 Å². The fourth-order valence-electron chi connectivity index (χ4n) is 17.9. The first-order chi connectivity index (χ1) is 41.3. The summed E-state index contributed by atoms with van der Waals surface area (Å²) in [5, 5.41) is 0. The van der Waals surface area contributed by atoms with Gasteiger partial charge in [0.15, 0.2) is 0 Å². The first-order valence-corrected chi connectivity index (χ1v) is 32.4. The Labute approximate surface area is 500 Å². The molecule has 3 aromatic rings. The molecule has 13 aliphatic rings. The number of allylic oxidation sites excluding steroid dienone is 14. The van der Waals surface area contributed by atoms with Gasteiger partial charge in [-0.1, -0.05) is 186 Å². The molecule has 0 amide bonds. The normalized spacial score (nSPS) is 31.5. The third-order valence-electron chi connectivity index (χ3n) is 21.4. The van der Waals surface area contributed by atoms with Crippen molar-refractivity contribution in [1.29, 1.82) is 0 Å². The van der Waals surface area contributed by atoms with Gasteiger partial charge < -0.3 is 29.2 Å². The Morgan fingerprint density at radius 1 is 0.655 bits per heavy atom. The van der Waals surface area contributed by atoms with Gasteiger partial charge in [0.2, 0.25) is 13.4 Å². The van der Waals surface area contributed by atoms with Crippen LogP contribution in [0.1, 0.15) is 97.8 Å². The quantitative estimate of drug-likeness (QED) is 0.199. The minimum absolute atomic E-state index is 0.0672. The monoisotopic (exact) mass is 1100 g/mol. The minimum Gasteiger partial charge on any atom is -0.463 e. The lowest BCUT2D eigenvalue weighted by Crippen LogP contribution is -2.69. The zero-order valence-corrected chi connectivity index (χ0v) is 49.4. The zero-order chi connectivity index (χ0) is 56.0. The lowest BCUT2D eigenvalue weighted by molar-refractivity contribution is 0.185. The summed E-state index contributed by atoms with van der Waals surface area (Å²) in [7, 11) is 0. The fraction of sp³-hybridized carbons (Fsp3) is 0.373. The smallest absolute Gasteiger partial charge is 0.206 e. The zero-order valence-electron chi connectivity index (χ0n) is 49.4. The van der Waals surface area contributed by atoms with Crippen molar-refractivity contribution >= 4 is 36.1 Å². The number of hydrogen-bond donors (Lipinski definition) is 0. The van der Waals surface area contributed by atoms with Crippen LogP contribution >= 0.6 is 0 Å². The van der Waals surface area contributed by atoms with Gasteiger partial charge in [0.05, 0.1) is 30.2 Å². The maximum absolute atomic E-state index is 7.43. The molecule has 9 heteroatoms. The van der Waals surface area contributed by atoms with E-state index in [1.807, 2.05) is 0 Å². The molecule has 7 nitrogen and oxygen atoms in total. The predicted octanol–water partition coefficient (Wildman–Crippen LogP) is 15.6. The molecule has 11 atom stereocenters. The number of para-hydroxylation sites is 3. The van der Waals surface area contributed by atoms with Crippen LogP contribution in [0.5, 0.6) is 5.75 Å². The summed E-state index contributed by atoms with van der Waals surface area (Å²) in [4.78, 5) is 20.7. The molecule has 0 bridgehead atoms. The number of benzene rings is 3. The van der Waals surface area contributed by atoms with Gasteiger partial charge in [-0.15, -0.1) is 0 Å². The second-order valence-corrected chi connectivity index (χ2v) is 27.1. The number of fused-ring (bicyclic) bond motifs is 8. The molecule has 0 N–H and O–H groups in total. The van der Waals surface area contributed by atoms with Crippen LogP contribution in [0, 0.1) is 5.41 Å². The van der Waals surface area contributed by atoms with Crippen LogP contribution in [0.2, 0.25) is 23.3 Å². The molecule has 8 aliphatic carbocycles. The lowest BCUT2D eigenvalue weighted by atomic mass is 9.21.